The Morgan fingerprint density at radius 2 is 2.04 bits per heavy atom. The van der Waals surface area contributed by atoms with Crippen molar-refractivity contribution in [2.75, 3.05) is 0 Å². The molecule has 0 aliphatic carbocycles. The van der Waals surface area contributed by atoms with Crippen LogP contribution in [0.15, 0.2) is 33.2 Å². The zero-order chi connectivity index (χ0) is 18.1. The number of carbonyl (C=O) groups excluding carboxylic acids is 1. The number of nitrogens with zero attached hydrogens (tertiary/aromatic N) is 3. The SMILES string of the molecule is CC(=O)NC(C)=N/C=N\C(N)=NC(C)CCc1ccc(F)c(F)c1. The average Bonchev–Trinajstić information content (AvgIpc) is 2.47. The van der Waals surface area contributed by atoms with E-state index < -0.39 is 11.6 Å². The van der Waals surface area contributed by atoms with E-state index in [0.29, 0.717) is 24.2 Å². The third kappa shape index (κ3) is 7.57. The predicted octanol–water partition coefficient (Wildman–Crippen LogP) is 2.18. The quantitative estimate of drug-likeness (QED) is 0.637. The molecular weight excluding hydrogens is 316 g/mol. The first-order chi connectivity index (χ1) is 11.3. The lowest BCUT2D eigenvalue weighted by atomic mass is 10.1. The van der Waals surface area contributed by atoms with Crippen molar-refractivity contribution >= 4 is 24.0 Å². The number of hydrogen-bond acceptors (Lipinski definition) is 2. The summed E-state index contributed by atoms with van der Waals surface area (Å²) in [5.41, 5.74) is 6.35. The van der Waals surface area contributed by atoms with E-state index in [9.17, 15) is 13.6 Å². The van der Waals surface area contributed by atoms with Gasteiger partial charge in [-0.3, -0.25) is 4.79 Å². The van der Waals surface area contributed by atoms with Crippen LogP contribution in [0.5, 0.6) is 0 Å². The summed E-state index contributed by atoms with van der Waals surface area (Å²) in [5.74, 6) is -1.51. The number of benzene rings is 1. The molecule has 0 aliphatic rings. The van der Waals surface area contributed by atoms with Crippen molar-refractivity contribution in [1.82, 2.24) is 5.32 Å². The maximum atomic E-state index is 13.1. The number of amides is 1. The van der Waals surface area contributed by atoms with Crippen LogP contribution in [0.4, 0.5) is 8.78 Å². The number of nitrogens with one attached hydrogen (secondary N) is 1. The van der Waals surface area contributed by atoms with Gasteiger partial charge in [-0.05, 0) is 44.4 Å². The topological polar surface area (TPSA) is 92.2 Å². The van der Waals surface area contributed by atoms with Crippen LogP contribution in [0.1, 0.15) is 32.8 Å². The summed E-state index contributed by atoms with van der Waals surface area (Å²) < 4.78 is 26.0. The number of hydrogen-bond donors (Lipinski definition) is 2. The number of guanidine groups is 1. The second kappa shape index (κ2) is 9.49. The molecule has 0 aliphatic heterocycles. The number of aliphatic imine (C=N–C) groups is 3. The molecule has 0 aromatic heterocycles. The molecule has 3 N–H and O–H groups in total. The smallest absolute Gasteiger partial charge is 0.222 e. The largest absolute Gasteiger partial charge is 0.368 e. The van der Waals surface area contributed by atoms with E-state index in [4.69, 9.17) is 5.73 Å². The van der Waals surface area contributed by atoms with Crippen LogP contribution in [-0.2, 0) is 11.2 Å². The molecule has 24 heavy (non-hydrogen) atoms. The van der Waals surface area contributed by atoms with Crippen LogP contribution in [0.25, 0.3) is 0 Å². The molecule has 0 radical (unpaired) electrons. The Balaban J connectivity index is 2.52. The first kappa shape index (κ1) is 19.4. The maximum absolute atomic E-state index is 13.1. The third-order valence-corrected chi connectivity index (χ3v) is 2.99. The van der Waals surface area contributed by atoms with Crippen molar-refractivity contribution in [2.24, 2.45) is 20.7 Å². The number of nitrogens with two attached hydrogens (primary N) is 1. The molecule has 0 spiro atoms. The summed E-state index contributed by atoms with van der Waals surface area (Å²) in [6.45, 7) is 4.83. The molecule has 130 valence electrons. The van der Waals surface area contributed by atoms with Gasteiger partial charge < -0.3 is 11.1 Å². The van der Waals surface area contributed by atoms with Gasteiger partial charge in [-0.1, -0.05) is 6.07 Å². The van der Waals surface area contributed by atoms with Gasteiger partial charge in [0.2, 0.25) is 11.9 Å². The fraction of sp³-hybridized carbons (Fsp3) is 0.375. The normalized spacial score (nSPS) is 14.0. The molecule has 1 amide bonds. The van der Waals surface area contributed by atoms with Gasteiger partial charge in [-0.15, -0.1) is 0 Å². The van der Waals surface area contributed by atoms with E-state index >= 15 is 0 Å². The monoisotopic (exact) mass is 337 g/mol. The summed E-state index contributed by atoms with van der Waals surface area (Å²) in [5, 5.41) is 2.49. The van der Waals surface area contributed by atoms with Crippen molar-refractivity contribution in [3.63, 3.8) is 0 Å². The average molecular weight is 337 g/mol. The lowest BCUT2D eigenvalue weighted by Crippen LogP contribution is -2.25. The molecule has 1 aromatic rings. The first-order valence-corrected chi connectivity index (χ1v) is 7.39. The zero-order valence-corrected chi connectivity index (χ0v) is 13.9. The van der Waals surface area contributed by atoms with E-state index in [1.165, 1.54) is 25.4 Å². The van der Waals surface area contributed by atoms with Crippen LogP contribution in [-0.4, -0.2) is 30.1 Å². The predicted molar refractivity (Wildman–Crippen MR) is 91.2 cm³/mol. The number of amidine groups is 1. The van der Waals surface area contributed by atoms with E-state index in [2.05, 4.69) is 20.3 Å². The van der Waals surface area contributed by atoms with Gasteiger partial charge in [-0.2, -0.15) is 0 Å². The van der Waals surface area contributed by atoms with Crippen LogP contribution in [0, 0.1) is 11.6 Å². The number of rotatable bonds is 5. The Bertz CT molecular complexity index is 670. The third-order valence-electron chi connectivity index (χ3n) is 2.99. The van der Waals surface area contributed by atoms with Gasteiger partial charge >= 0.3 is 0 Å². The molecule has 0 saturated heterocycles. The Morgan fingerprint density at radius 3 is 2.67 bits per heavy atom. The minimum atomic E-state index is -0.862. The molecule has 6 nitrogen and oxygen atoms in total. The molecule has 1 unspecified atom stereocenters. The van der Waals surface area contributed by atoms with E-state index in [-0.39, 0.29) is 17.9 Å². The highest BCUT2D eigenvalue weighted by Crippen LogP contribution is 2.12. The maximum Gasteiger partial charge on any atom is 0.222 e. The van der Waals surface area contributed by atoms with Gasteiger partial charge in [0.15, 0.2) is 11.6 Å². The van der Waals surface area contributed by atoms with Gasteiger partial charge in [0.25, 0.3) is 0 Å². The molecule has 0 saturated carbocycles. The van der Waals surface area contributed by atoms with Crippen LogP contribution >= 0.6 is 0 Å². The highest BCUT2D eigenvalue weighted by Gasteiger charge is 2.05. The fourth-order valence-electron chi connectivity index (χ4n) is 1.86. The summed E-state index contributed by atoms with van der Waals surface area (Å²) in [6.07, 6.45) is 2.35. The minimum absolute atomic E-state index is 0.0483. The Kier molecular flexibility index (Phi) is 7.67. The number of halogens is 2. The van der Waals surface area contributed by atoms with Crippen molar-refractivity contribution in [3.05, 3.63) is 35.4 Å². The number of aryl methyl sites for hydroxylation is 1. The molecule has 1 atom stereocenters. The number of carbonyl (C=O) groups is 1. The van der Waals surface area contributed by atoms with Crippen molar-refractivity contribution in [2.45, 2.75) is 39.7 Å². The van der Waals surface area contributed by atoms with E-state index in [1.54, 1.807) is 6.92 Å². The molecule has 0 heterocycles. The minimum Gasteiger partial charge on any atom is -0.368 e. The Morgan fingerprint density at radius 1 is 1.33 bits per heavy atom. The van der Waals surface area contributed by atoms with Gasteiger partial charge in [0.1, 0.15) is 12.2 Å². The molecule has 1 aromatic carbocycles. The fourth-order valence-corrected chi connectivity index (χ4v) is 1.86. The van der Waals surface area contributed by atoms with Crippen molar-refractivity contribution < 1.29 is 13.6 Å². The summed E-state index contributed by atoms with van der Waals surface area (Å²) in [6, 6.07) is 3.67. The van der Waals surface area contributed by atoms with E-state index in [1.807, 2.05) is 6.92 Å². The second-order valence-electron chi connectivity index (χ2n) is 5.26. The van der Waals surface area contributed by atoms with Gasteiger partial charge in [-0.25, -0.2) is 23.8 Å². The van der Waals surface area contributed by atoms with Crippen molar-refractivity contribution in [1.29, 1.82) is 0 Å². The van der Waals surface area contributed by atoms with E-state index in [0.717, 1.165) is 6.07 Å². The molecule has 0 fully saturated rings. The molecule has 8 heteroatoms. The summed E-state index contributed by atoms with van der Waals surface area (Å²) >= 11 is 0. The lowest BCUT2D eigenvalue weighted by Gasteiger charge is -2.07. The van der Waals surface area contributed by atoms with Crippen LogP contribution < -0.4 is 11.1 Å². The zero-order valence-electron chi connectivity index (χ0n) is 13.9. The van der Waals surface area contributed by atoms with Crippen LogP contribution in [0.2, 0.25) is 0 Å². The van der Waals surface area contributed by atoms with Gasteiger partial charge in [0, 0.05) is 6.92 Å². The van der Waals surface area contributed by atoms with Crippen LogP contribution in [0.3, 0.4) is 0 Å². The first-order valence-electron chi connectivity index (χ1n) is 7.39. The highest BCUT2D eigenvalue weighted by atomic mass is 19.2. The Hall–Kier alpha value is -2.64. The second-order valence-corrected chi connectivity index (χ2v) is 5.26. The highest BCUT2D eigenvalue weighted by molar-refractivity contribution is 5.99. The Labute approximate surface area is 139 Å². The molecular formula is C16H21F2N5O. The summed E-state index contributed by atoms with van der Waals surface area (Å²) in [7, 11) is 0. The standard InChI is InChI=1S/C16H21F2N5O/c1-10(4-5-13-6-7-14(17)15(18)8-13)22-16(19)21-9-20-11(2)23-12(3)24/h6-10H,4-5H2,1-3H3,(H3,19,20,21,22,23,24). The lowest BCUT2D eigenvalue weighted by molar-refractivity contribution is -0.117. The summed E-state index contributed by atoms with van der Waals surface area (Å²) in [4.78, 5) is 22.7. The van der Waals surface area contributed by atoms with Gasteiger partial charge in [0.05, 0.1) is 6.04 Å². The van der Waals surface area contributed by atoms with Crippen molar-refractivity contribution in [3.8, 4) is 0 Å². The molecule has 0 bridgehead atoms. The molecule has 1 rings (SSSR count).